The molecule has 1 aliphatic rings. The molecule has 0 spiro atoms. The van der Waals surface area contributed by atoms with E-state index in [4.69, 9.17) is 23.2 Å². The Morgan fingerprint density at radius 1 is 1.24 bits per heavy atom. The van der Waals surface area contributed by atoms with Gasteiger partial charge in [-0.3, -0.25) is 4.79 Å². The minimum atomic E-state index is 0.118. The number of nitrogens with zero attached hydrogens (tertiary/aromatic N) is 2. The van der Waals surface area contributed by atoms with E-state index in [-0.39, 0.29) is 5.91 Å². The molecule has 4 rings (SSSR count). The molecule has 7 heteroatoms. The second-order valence-corrected chi connectivity index (χ2v) is 8.85. The van der Waals surface area contributed by atoms with E-state index in [1.807, 2.05) is 29.2 Å². The predicted molar refractivity (Wildman–Crippen MR) is 107 cm³/mol. The number of aromatic nitrogens is 1. The molecule has 2 heterocycles. The van der Waals surface area contributed by atoms with Gasteiger partial charge in [0.2, 0.25) is 5.91 Å². The summed E-state index contributed by atoms with van der Waals surface area (Å²) < 4.78 is 1.83. The second kappa shape index (κ2) is 7.16. The van der Waals surface area contributed by atoms with Gasteiger partial charge in [-0.05, 0) is 36.6 Å². The number of rotatable bonds is 3. The quantitative estimate of drug-likeness (QED) is 0.523. The van der Waals surface area contributed by atoms with Crippen LogP contribution in [0.25, 0.3) is 10.2 Å². The minimum absolute atomic E-state index is 0.118. The number of thioether (sulfide) groups is 1. The Bertz CT molecular complexity index is 918. The van der Waals surface area contributed by atoms with Crippen LogP contribution < -0.4 is 4.90 Å². The normalized spacial score (nSPS) is 13.9. The van der Waals surface area contributed by atoms with E-state index < -0.39 is 0 Å². The number of carbonyl (C=O) groups excluding carboxylic acids is 1. The summed E-state index contributed by atoms with van der Waals surface area (Å²) in [5.41, 5.74) is 3.11. The largest absolute Gasteiger partial charge is 0.311 e. The van der Waals surface area contributed by atoms with Crippen LogP contribution in [0.1, 0.15) is 12.0 Å². The zero-order valence-corrected chi connectivity index (χ0v) is 16.3. The summed E-state index contributed by atoms with van der Waals surface area (Å²) >= 11 is 15.1. The van der Waals surface area contributed by atoms with Crippen molar-refractivity contribution in [2.24, 2.45) is 0 Å². The van der Waals surface area contributed by atoms with Crippen molar-refractivity contribution in [2.75, 3.05) is 17.2 Å². The molecule has 0 unspecified atom stereocenters. The molecule has 1 aliphatic heterocycles. The van der Waals surface area contributed by atoms with Crippen LogP contribution in [-0.2, 0) is 11.2 Å². The molecule has 0 fully saturated rings. The number of hydrogen-bond acceptors (Lipinski definition) is 4. The van der Waals surface area contributed by atoms with Crippen molar-refractivity contribution in [1.29, 1.82) is 0 Å². The van der Waals surface area contributed by atoms with Crippen molar-refractivity contribution < 1.29 is 4.79 Å². The molecule has 2 aromatic carbocycles. The van der Waals surface area contributed by atoms with Gasteiger partial charge in [-0.15, -0.1) is 11.3 Å². The van der Waals surface area contributed by atoms with Crippen LogP contribution in [0, 0.1) is 0 Å². The van der Waals surface area contributed by atoms with Gasteiger partial charge in [0.25, 0.3) is 0 Å². The van der Waals surface area contributed by atoms with Crippen LogP contribution in [0.15, 0.2) is 40.7 Å². The number of carbonyl (C=O) groups is 1. The number of thiazole rings is 1. The maximum absolute atomic E-state index is 12.7. The summed E-state index contributed by atoms with van der Waals surface area (Å²) in [6.45, 7) is 0.779. The molecule has 1 aromatic heterocycles. The zero-order chi connectivity index (χ0) is 17.4. The average molecular weight is 409 g/mol. The number of benzene rings is 2. The van der Waals surface area contributed by atoms with Gasteiger partial charge in [0.15, 0.2) is 4.34 Å². The fourth-order valence-electron chi connectivity index (χ4n) is 2.96. The molecule has 0 saturated carbocycles. The molecule has 1 amide bonds. The van der Waals surface area contributed by atoms with Crippen LogP contribution >= 0.6 is 46.3 Å². The van der Waals surface area contributed by atoms with Crippen LogP contribution in [0.2, 0.25) is 10.0 Å². The lowest BCUT2D eigenvalue weighted by atomic mass is 10.0. The van der Waals surface area contributed by atoms with Crippen LogP contribution in [0.4, 0.5) is 5.69 Å². The SMILES string of the molecule is O=C(CSc1nc2cc(Cl)c(Cl)cc2s1)N1CCCc2ccccc21. The molecule has 0 bridgehead atoms. The van der Waals surface area contributed by atoms with Crippen molar-refractivity contribution in [3.05, 3.63) is 52.0 Å². The summed E-state index contributed by atoms with van der Waals surface area (Å²) in [7, 11) is 0. The molecule has 3 aromatic rings. The number of fused-ring (bicyclic) bond motifs is 2. The van der Waals surface area contributed by atoms with Crippen LogP contribution in [0.5, 0.6) is 0 Å². The average Bonchev–Trinajstić information content (AvgIpc) is 3.01. The molecular formula is C18H14Cl2N2OS2. The van der Waals surface area contributed by atoms with Gasteiger partial charge >= 0.3 is 0 Å². The van der Waals surface area contributed by atoms with Gasteiger partial charge in [0, 0.05) is 12.2 Å². The maximum Gasteiger partial charge on any atom is 0.237 e. The van der Waals surface area contributed by atoms with Gasteiger partial charge in [-0.25, -0.2) is 4.98 Å². The monoisotopic (exact) mass is 408 g/mol. The molecule has 0 N–H and O–H groups in total. The summed E-state index contributed by atoms with van der Waals surface area (Å²) in [6, 6.07) is 11.7. The number of para-hydroxylation sites is 1. The second-order valence-electron chi connectivity index (χ2n) is 5.78. The topological polar surface area (TPSA) is 33.2 Å². The summed E-state index contributed by atoms with van der Waals surface area (Å²) in [4.78, 5) is 19.1. The number of halogens is 2. The molecule has 3 nitrogen and oxygen atoms in total. The Morgan fingerprint density at radius 2 is 2.04 bits per heavy atom. The zero-order valence-electron chi connectivity index (χ0n) is 13.2. The number of amides is 1. The highest BCUT2D eigenvalue weighted by atomic mass is 35.5. The lowest BCUT2D eigenvalue weighted by Crippen LogP contribution is -2.36. The van der Waals surface area contributed by atoms with Crippen molar-refractivity contribution >= 4 is 68.1 Å². The first kappa shape index (κ1) is 17.2. The first-order chi connectivity index (χ1) is 12.1. The van der Waals surface area contributed by atoms with E-state index in [0.29, 0.717) is 15.8 Å². The molecular weight excluding hydrogens is 395 g/mol. The molecule has 25 heavy (non-hydrogen) atoms. The Morgan fingerprint density at radius 3 is 2.92 bits per heavy atom. The number of aryl methyl sites for hydroxylation is 1. The van der Waals surface area contributed by atoms with E-state index in [2.05, 4.69) is 11.1 Å². The Hall–Kier alpha value is -1.27. The van der Waals surface area contributed by atoms with E-state index in [1.165, 1.54) is 28.7 Å². The highest BCUT2D eigenvalue weighted by molar-refractivity contribution is 8.01. The smallest absolute Gasteiger partial charge is 0.237 e. The van der Waals surface area contributed by atoms with Crippen molar-refractivity contribution in [2.45, 2.75) is 17.2 Å². The Balaban J connectivity index is 1.49. The minimum Gasteiger partial charge on any atom is -0.311 e. The third-order valence-electron chi connectivity index (χ3n) is 4.14. The van der Waals surface area contributed by atoms with E-state index in [9.17, 15) is 4.79 Å². The summed E-state index contributed by atoms with van der Waals surface area (Å²) in [6.07, 6.45) is 2.04. The highest BCUT2D eigenvalue weighted by Crippen LogP contribution is 2.35. The first-order valence-corrected chi connectivity index (χ1v) is 10.4. The van der Waals surface area contributed by atoms with Crippen molar-refractivity contribution in [1.82, 2.24) is 4.98 Å². The third kappa shape index (κ3) is 3.51. The number of hydrogen-bond donors (Lipinski definition) is 0. The molecule has 0 radical (unpaired) electrons. The fraction of sp³-hybridized carbons (Fsp3) is 0.222. The predicted octanol–water partition coefficient (Wildman–Crippen LogP) is 5.67. The first-order valence-electron chi connectivity index (χ1n) is 7.88. The Labute approximate surface area is 164 Å². The summed E-state index contributed by atoms with van der Waals surface area (Å²) in [5, 5.41) is 1.02. The molecule has 0 atom stereocenters. The molecule has 0 aliphatic carbocycles. The lowest BCUT2D eigenvalue weighted by Gasteiger charge is -2.29. The van der Waals surface area contributed by atoms with Crippen LogP contribution in [0.3, 0.4) is 0 Å². The molecule has 128 valence electrons. The van der Waals surface area contributed by atoms with Crippen molar-refractivity contribution in [3.8, 4) is 0 Å². The van der Waals surface area contributed by atoms with Crippen molar-refractivity contribution in [3.63, 3.8) is 0 Å². The molecule has 0 saturated heterocycles. The standard InChI is InChI=1S/C18H14Cl2N2OS2/c19-12-8-14-16(9-13(12)20)25-18(21-14)24-10-17(23)22-7-3-5-11-4-1-2-6-15(11)22/h1-2,4,6,8-9H,3,5,7,10H2. The van der Waals surface area contributed by atoms with Gasteiger partial charge in [0.05, 0.1) is 26.0 Å². The van der Waals surface area contributed by atoms with E-state index >= 15 is 0 Å². The van der Waals surface area contributed by atoms with Gasteiger partial charge < -0.3 is 4.90 Å². The third-order valence-corrected chi connectivity index (χ3v) is 7.01. The maximum atomic E-state index is 12.7. The lowest BCUT2D eigenvalue weighted by molar-refractivity contribution is -0.116. The van der Waals surface area contributed by atoms with E-state index in [0.717, 1.165) is 39.6 Å². The number of anilines is 1. The highest BCUT2D eigenvalue weighted by Gasteiger charge is 2.22. The fourth-order valence-corrected chi connectivity index (χ4v) is 5.31. The van der Waals surface area contributed by atoms with Crippen LogP contribution in [-0.4, -0.2) is 23.2 Å². The van der Waals surface area contributed by atoms with Gasteiger partial charge in [-0.2, -0.15) is 0 Å². The van der Waals surface area contributed by atoms with Gasteiger partial charge in [-0.1, -0.05) is 53.2 Å². The Kier molecular flexibility index (Phi) is 4.91. The van der Waals surface area contributed by atoms with Gasteiger partial charge in [0.1, 0.15) is 0 Å². The summed E-state index contributed by atoms with van der Waals surface area (Å²) in [5.74, 6) is 0.489. The van der Waals surface area contributed by atoms with E-state index in [1.54, 1.807) is 6.07 Å².